The number of nitrogens with one attached hydrogen (secondary N) is 1. The molecular formula is C15H23NO2. The van der Waals surface area contributed by atoms with E-state index in [0.717, 1.165) is 23.6 Å². The number of methoxy groups -OCH3 is 1. The van der Waals surface area contributed by atoms with Crippen LogP contribution in [0.25, 0.3) is 0 Å². The number of ether oxygens (including phenoxy) is 2. The third-order valence-electron chi connectivity index (χ3n) is 2.37. The van der Waals surface area contributed by atoms with Crippen LogP contribution in [-0.2, 0) is 0 Å². The molecule has 3 heteroatoms. The van der Waals surface area contributed by atoms with Crippen LogP contribution in [0.1, 0.15) is 20.8 Å². The second-order valence-corrected chi connectivity index (χ2v) is 5.29. The quantitative estimate of drug-likeness (QED) is 0.786. The van der Waals surface area contributed by atoms with Gasteiger partial charge in [0.25, 0.3) is 0 Å². The first-order valence-electron chi connectivity index (χ1n) is 6.10. The SMILES string of the molecule is C=C(CNC(C)(C)C)COc1ccccc1OC. The molecule has 0 aliphatic rings. The van der Waals surface area contributed by atoms with Crippen LogP contribution >= 0.6 is 0 Å². The van der Waals surface area contributed by atoms with E-state index in [1.165, 1.54) is 0 Å². The highest BCUT2D eigenvalue weighted by Crippen LogP contribution is 2.25. The minimum atomic E-state index is 0.0907. The molecule has 0 aliphatic heterocycles. The number of benzene rings is 1. The molecule has 0 fully saturated rings. The van der Waals surface area contributed by atoms with E-state index >= 15 is 0 Å². The van der Waals surface area contributed by atoms with Gasteiger partial charge in [-0.2, -0.15) is 0 Å². The summed E-state index contributed by atoms with van der Waals surface area (Å²) in [6, 6.07) is 7.62. The summed E-state index contributed by atoms with van der Waals surface area (Å²) < 4.78 is 10.9. The van der Waals surface area contributed by atoms with Crippen molar-refractivity contribution in [3.05, 3.63) is 36.4 Å². The third-order valence-corrected chi connectivity index (χ3v) is 2.37. The molecule has 0 unspecified atom stereocenters. The van der Waals surface area contributed by atoms with Crippen molar-refractivity contribution in [2.45, 2.75) is 26.3 Å². The second-order valence-electron chi connectivity index (χ2n) is 5.29. The van der Waals surface area contributed by atoms with Gasteiger partial charge >= 0.3 is 0 Å². The van der Waals surface area contributed by atoms with Gasteiger partial charge in [0.05, 0.1) is 7.11 Å². The topological polar surface area (TPSA) is 30.5 Å². The first kappa shape index (κ1) is 14.6. The van der Waals surface area contributed by atoms with Crippen LogP contribution < -0.4 is 14.8 Å². The Morgan fingerprint density at radius 1 is 1.22 bits per heavy atom. The zero-order chi connectivity index (χ0) is 13.6. The fraction of sp³-hybridized carbons (Fsp3) is 0.467. The summed E-state index contributed by atoms with van der Waals surface area (Å²) in [5.41, 5.74) is 1.10. The van der Waals surface area contributed by atoms with E-state index < -0.39 is 0 Å². The van der Waals surface area contributed by atoms with E-state index in [0.29, 0.717) is 6.61 Å². The van der Waals surface area contributed by atoms with Crippen LogP contribution in [0.15, 0.2) is 36.4 Å². The maximum absolute atomic E-state index is 5.69. The molecule has 0 amide bonds. The average molecular weight is 249 g/mol. The fourth-order valence-corrected chi connectivity index (χ4v) is 1.36. The first-order valence-corrected chi connectivity index (χ1v) is 6.10. The van der Waals surface area contributed by atoms with E-state index in [2.05, 4.69) is 32.7 Å². The Bertz CT molecular complexity index is 394. The maximum Gasteiger partial charge on any atom is 0.161 e. The van der Waals surface area contributed by atoms with E-state index in [9.17, 15) is 0 Å². The molecule has 0 saturated heterocycles. The molecule has 0 bridgehead atoms. The van der Waals surface area contributed by atoms with Crippen molar-refractivity contribution >= 4 is 0 Å². The van der Waals surface area contributed by atoms with Gasteiger partial charge in [-0.05, 0) is 38.5 Å². The van der Waals surface area contributed by atoms with Gasteiger partial charge in [-0.1, -0.05) is 18.7 Å². The molecule has 0 spiro atoms. The predicted octanol–water partition coefficient (Wildman–Crippen LogP) is 3.02. The number of rotatable bonds is 6. The monoisotopic (exact) mass is 249 g/mol. The number of hydrogen-bond acceptors (Lipinski definition) is 3. The molecule has 3 nitrogen and oxygen atoms in total. The van der Waals surface area contributed by atoms with Crippen LogP contribution in [0.3, 0.4) is 0 Å². The van der Waals surface area contributed by atoms with Crippen molar-refractivity contribution in [1.29, 1.82) is 0 Å². The van der Waals surface area contributed by atoms with Gasteiger partial charge in [0.1, 0.15) is 6.61 Å². The zero-order valence-electron chi connectivity index (χ0n) is 11.7. The van der Waals surface area contributed by atoms with Gasteiger partial charge in [-0.25, -0.2) is 0 Å². The molecule has 1 aromatic rings. The lowest BCUT2D eigenvalue weighted by Gasteiger charge is -2.21. The Morgan fingerprint density at radius 2 is 1.83 bits per heavy atom. The van der Waals surface area contributed by atoms with Gasteiger partial charge in [0.2, 0.25) is 0 Å². The van der Waals surface area contributed by atoms with Gasteiger partial charge in [-0.15, -0.1) is 0 Å². The molecule has 1 N–H and O–H groups in total. The lowest BCUT2D eigenvalue weighted by molar-refractivity contribution is 0.314. The van der Waals surface area contributed by atoms with Crippen molar-refractivity contribution in [1.82, 2.24) is 5.32 Å². The zero-order valence-corrected chi connectivity index (χ0v) is 11.7. The Hall–Kier alpha value is -1.48. The molecule has 0 aromatic heterocycles. The second kappa shape index (κ2) is 6.45. The minimum absolute atomic E-state index is 0.0907. The summed E-state index contributed by atoms with van der Waals surface area (Å²) >= 11 is 0. The van der Waals surface area contributed by atoms with Crippen LogP contribution in [0.2, 0.25) is 0 Å². The van der Waals surface area contributed by atoms with Gasteiger partial charge < -0.3 is 14.8 Å². The van der Waals surface area contributed by atoms with Crippen molar-refractivity contribution in [3.8, 4) is 11.5 Å². The highest BCUT2D eigenvalue weighted by Gasteiger charge is 2.09. The molecule has 0 radical (unpaired) electrons. The predicted molar refractivity (Wildman–Crippen MR) is 75.4 cm³/mol. The highest BCUT2D eigenvalue weighted by atomic mass is 16.5. The van der Waals surface area contributed by atoms with Gasteiger partial charge in [-0.3, -0.25) is 0 Å². The molecule has 0 atom stereocenters. The summed E-state index contributed by atoms with van der Waals surface area (Å²) in [5.74, 6) is 1.49. The molecule has 0 saturated carbocycles. The van der Waals surface area contributed by atoms with Crippen molar-refractivity contribution in [3.63, 3.8) is 0 Å². The van der Waals surface area contributed by atoms with Gasteiger partial charge in [0, 0.05) is 12.1 Å². The summed E-state index contributed by atoms with van der Waals surface area (Å²) in [7, 11) is 1.64. The highest BCUT2D eigenvalue weighted by molar-refractivity contribution is 5.39. The molecule has 18 heavy (non-hydrogen) atoms. The lowest BCUT2D eigenvalue weighted by atomic mass is 10.1. The number of para-hydroxylation sites is 2. The lowest BCUT2D eigenvalue weighted by Crippen LogP contribution is -2.37. The maximum atomic E-state index is 5.69. The Morgan fingerprint density at radius 3 is 2.39 bits per heavy atom. The van der Waals surface area contributed by atoms with E-state index in [-0.39, 0.29) is 5.54 Å². The average Bonchev–Trinajstić information content (AvgIpc) is 2.33. The van der Waals surface area contributed by atoms with Crippen LogP contribution in [0.4, 0.5) is 0 Å². The standard InChI is InChI=1S/C15H23NO2/c1-12(10-16-15(2,3)4)11-18-14-9-7-6-8-13(14)17-5/h6-9,16H,1,10-11H2,2-5H3. The summed E-state index contributed by atoms with van der Waals surface area (Å²) in [5, 5.41) is 3.38. The van der Waals surface area contributed by atoms with E-state index in [4.69, 9.17) is 9.47 Å². The van der Waals surface area contributed by atoms with Crippen molar-refractivity contribution in [2.24, 2.45) is 0 Å². The summed E-state index contributed by atoms with van der Waals surface area (Å²) in [6.45, 7) is 11.6. The van der Waals surface area contributed by atoms with Crippen molar-refractivity contribution < 1.29 is 9.47 Å². The minimum Gasteiger partial charge on any atom is -0.493 e. The smallest absolute Gasteiger partial charge is 0.161 e. The Balaban J connectivity index is 2.43. The van der Waals surface area contributed by atoms with Crippen molar-refractivity contribution in [2.75, 3.05) is 20.3 Å². The third kappa shape index (κ3) is 5.23. The molecule has 0 aliphatic carbocycles. The van der Waals surface area contributed by atoms with Crippen LogP contribution in [-0.4, -0.2) is 25.8 Å². The summed E-state index contributed by atoms with van der Waals surface area (Å²) in [6.07, 6.45) is 0. The Labute approximate surface area is 110 Å². The van der Waals surface area contributed by atoms with Gasteiger partial charge in [0.15, 0.2) is 11.5 Å². The normalized spacial score (nSPS) is 11.1. The van der Waals surface area contributed by atoms with Crippen LogP contribution in [0, 0.1) is 0 Å². The molecule has 1 rings (SSSR count). The van der Waals surface area contributed by atoms with Crippen LogP contribution in [0.5, 0.6) is 11.5 Å². The number of hydrogen-bond donors (Lipinski definition) is 1. The summed E-state index contributed by atoms with van der Waals surface area (Å²) in [4.78, 5) is 0. The largest absolute Gasteiger partial charge is 0.493 e. The Kier molecular flexibility index (Phi) is 5.23. The first-order chi connectivity index (χ1) is 8.42. The fourth-order valence-electron chi connectivity index (χ4n) is 1.36. The molecular weight excluding hydrogens is 226 g/mol. The molecule has 100 valence electrons. The molecule has 1 aromatic carbocycles. The van der Waals surface area contributed by atoms with E-state index in [1.54, 1.807) is 7.11 Å². The molecule has 0 heterocycles. The van der Waals surface area contributed by atoms with E-state index in [1.807, 2.05) is 24.3 Å².